The van der Waals surface area contributed by atoms with Gasteiger partial charge in [-0.3, -0.25) is 4.90 Å². The fraction of sp³-hybridized carbons (Fsp3) is 0.300. The van der Waals surface area contributed by atoms with Crippen LogP contribution in [-0.4, -0.2) is 33.3 Å². The average molecular weight is 335 g/mol. The molecular formula is C20H21N3O2. The summed E-state index contributed by atoms with van der Waals surface area (Å²) in [6.07, 6.45) is 0.989. The predicted molar refractivity (Wildman–Crippen MR) is 95.2 cm³/mol. The lowest BCUT2D eigenvalue weighted by atomic mass is 10.1. The fourth-order valence-corrected chi connectivity index (χ4v) is 3.28. The van der Waals surface area contributed by atoms with Gasteiger partial charge in [0.25, 0.3) is 0 Å². The molecule has 3 aromatic rings. The molecule has 1 aliphatic heterocycles. The molecule has 1 aliphatic rings. The van der Waals surface area contributed by atoms with Crippen LogP contribution >= 0.6 is 0 Å². The van der Waals surface area contributed by atoms with Gasteiger partial charge in [0.15, 0.2) is 0 Å². The fourth-order valence-electron chi connectivity index (χ4n) is 3.28. The summed E-state index contributed by atoms with van der Waals surface area (Å²) in [4.78, 5) is 2.31. The number of phenols is 1. The third-order valence-electron chi connectivity index (χ3n) is 4.75. The van der Waals surface area contributed by atoms with Crippen LogP contribution in [-0.2, 0) is 6.54 Å². The highest BCUT2D eigenvalue weighted by atomic mass is 16.4. The molecule has 0 radical (unpaired) electrons. The highest BCUT2D eigenvalue weighted by Crippen LogP contribution is 2.30. The predicted octanol–water partition coefficient (Wildman–Crippen LogP) is 3.74. The van der Waals surface area contributed by atoms with E-state index in [2.05, 4.69) is 22.0 Å². The van der Waals surface area contributed by atoms with Crippen LogP contribution in [0.1, 0.15) is 29.4 Å². The molecule has 5 heteroatoms. The molecular weight excluding hydrogens is 314 g/mol. The maximum absolute atomic E-state index is 9.94. The van der Waals surface area contributed by atoms with Crippen molar-refractivity contribution in [2.45, 2.75) is 25.8 Å². The minimum Gasteiger partial charge on any atom is -0.508 e. The molecule has 0 bridgehead atoms. The van der Waals surface area contributed by atoms with Crippen LogP contribution in [0.3, 0.4) is 0 Å². The maximum Gasteiger partial charge on any atom is 0.247 e. The number of rotatable bonds is 4. The van der Waals surface area contributed by atoms with Crippen LogP contribution in [0.2, 0.25) is 0 Å². The van der Waals surface area contributed by atoms with E-state index in [1.54, 1.807) is 6.07 Å². The number of hydrogen-bond acceptors (Lipinski definition) is 5. The van der Waals surface area contributed by atoms with Crippen LogP contribution in [0.25, 0.3) is 11.5 Å². The Morgan fingerprint density at radius 2 is 1.92 bits per heavy atom. The van der Waals surface area contributed by atoms with Gasteiger partial charge in [-0.25, -0.2) is 0 Å². The van der Waals surface area contributed by atoms with Crippen molar-refractivity contribution in [3.8, 4) is 17.2 Å². The summed E-state index contributed by atoms with van der Waals surface area (Å²) in [5.41, 5.74) is 3.11. The molecule has 0 spiro atoms. The summed E-state index contributed by atoms with van der Waals surface area (Å²) in [6, 6.07) is 15.6. The lowest BCUT2D eigenvalue weighted by Crippen LogP contribution is -2.19. The molecule has 4 rings (SSSR count). The Morgan fingerprint density at radius 3 is 2.72 bits per heavy atom. The van der Waals surface area contributed by atoms with Crippen molar-refractivity contribution < 1.29 is 9.52 Å². The van der Waals surface area contributed by atoms with Crippen molar-refractivity contribution in [3.05, 3.63) is 65.5 Å². The third kappa shape index (κ3) is 3.42. The van der Waals surface area contributed by atoms with Crippen molar-refractivity contribution in [1.29, 1.82) is 0 Å². The van der Waals surface area contributed by atoms with Crippen molar-refractivity contribution >= 4 is 0 Å². The number of aryl methyl sites for hydroxylation is 1. The topological polar surface area (TPSA) is 62.4 Å². The minimum absolute atomic E-state index is 0.248. The molecule has 5 nitrogen and oxygen atoms in total. The van der Waals surface area contributed by atoms with Gasteiger partial charge in [0, 0.05) is 24.2 Å². The van der Waals surface area contributed by atoms with E-state index in [0.717, 1.165) is 37.2 Å². The molecule has 25 heavy (non-hydrogen) atoms. The van der Waals surface area contributed by atoms with Crippen LogP contribution < -0.4 is 0 Å². The van der Waals surface area contributed by atoms with E-state index in [4.69, 9.17) is 4.42 Å². The van der Waals surface area contributed by atoms with E-state index >= 15 is 0 Å². The van der Waals surface area contributed by atoms with Crippen LogP contribution in [0.5, 0.6) is 5.75 Å². The summed E-state index contributed by atoms with van der Waals surface area (Å²) in [5.74, 6) is 1.88. The Bertz CT molecular complexity index is 857. The SMILES string of the molecule is Cc1ccc(-c2nnc(C3CCN(Cc4ccccc4O)C3)o2)cc1. The van der Waals surface area contributed by atoms with Crippen LogP contribution in [0.4, 0.5) is 0 Å². The Balaban J connectivity index is 1.44. The third-order valence-corrected chi connectivity index (χ3v) is 4.75. The standard InChI is InChI=1S/C20H21N3O2/c1-14-6-8-15(9-7-14)19-21-22-20(25-19)17-10-11-23(13-17)12-16-4-2-3-5-18(16)24/h2-9,17,24H,10-13H2,1H3. The van der Waals surface area contributed by atoms with Crippen molar-refractivity contribution in [2.75, 3.05) is 13.1 Å². The highest BCUT2D eigenvalue weighted by molar-refractivity contribution is 5.52. The zero-order valence-corrected chi connectivity index (χ0v) is 14.2. The van der Waals surface area contributed by atoms with Gasteiger partial charge in [-0.1, -0.05) is 35.9 Å². The second-order valence-corrected chi connectivity index (χ2v) is 6.66. The molecule has 2 aromatic carbocycles. The Morgan fingerprint density at radius 1 is 1.12 bits per heavy atom. The monoisotopic (exact) mass is 335 g/mol. The molecule has 1 N–H and O–H groups in total. The van der Waals surface area contributed by atoms with E-state index in [9.17, 15) is 5.11 Å². The van der Waals surface area contributed by atoms with Gasteiger partial charge in [-0.05, 0) is 38.1 Å². The molecule has 1 aromatic heterocycles. The summed E-state index contributed by atoms with van der Waals surface area (Å²) in [6.45, 7) is 4.62. The number of aromatic nitrogens is 2. The second-order valence-electron chi connectivity index (χ2n) is 6.66. The minimum atomic E-state index is 0.248. The Hall–Kier alpha value is -2.66. The first kappa shape index (κ1) is 15.8. The van der Waals surface area contributed by atoms with Crippen molar-refractivity contribution in [1.82, 2.24) is 15.1 Å². The molecule has 0 saturated carbocycles. The van der Waals surface area contributed by atoms with Crippen LogP contribution in [0, 0.1) is 6.92 Å². The summed E-state index contributed by atoms with van der Waals surface area (Å²) in [7, 11) is 0. The number of para-hydroxylation sites is 1. The first-order chi connectivity index (χ1) is 12.2. The summed E-state index contributed by atoms with van der Waals surface area (Å²) < 4.78 is 5.92. The lowest BCUT2D eigenvalue weighted by Gasteiger charge is -2.15. The van der Waals surface area contributed by atoms with E-state index in [1.807, 2.05) is 42.5 Å². The van der Waals surface area contributed by atoms with Crippen molar-refractivity contribution in [3.63, 3.8) is 0 Å². The lowest BCUT2D eigenvalue weighted by molar-refractivity contribution is 0.314. The quantitative estimate of drug-likeness (QED) is 0.787. The molecule has 0 amide bonds. The smallest absolute Gasteiger partial charge is 0.247 e. The Kier molecular flexibility index (Phi) is 4.24. The maximum atomic E-state index is 9.94. The highest BCUT2D eigenvalue weighted by Gasteiger charge is 2.28. The van der Waals surface area contributed by atoms with E-state index in [-0.39, 0.29) is 5.92 Å². The van der Waals surface area contributed by atoms with Gasteiger partial charge < -0.3 is 9.52 Å². The first-order valence-corrected chi connectivity index (χ1v) is 8.59. The number of nitrogens with zero attached hydrogens (tertiary/aromatic N) is 3. The zero-order valence-electron chi connectivity index (χ0n) is 14.2. The number of hydrogen-bond donors (Lipinski definition) is 1. The van der Waals surface area contributed by atoms with E-state index < -0.39 is 0 Å². The van der Waals surface area contributed by atoms with Crippen LogP contribution in [0.15, 0.2) is 52.9 Å². The molecule has 128 valence electrons. The van der Waals surface area contributed by atoms with Gasteiger partial charge in [-0.15, -0.1) is 10.2 Å². The first-order valence-electron chi connectivity index (χ1n) is 8.59. The largest absolute Gasteiger partial charge is 0.508 e. The number of phenolic OH excluding ortho intramolecular Hbond substituents is 1. The molecule has 1 fully saturated rings. The van der Waals surface area contributed by atoms with Gasteiger partial charge in [-0.2, -0.15) is 0 Å². The molecule has 1 unspecified atom stereocenters. The van der Waals surface area contributed by atoms with Gasteiger partial charge >= 0.3 is 0 Å². The van der Waals surface area contributed by atoms with Gasteiger partial charge in [0.2, 0.25) is 11.8 Å². The number of likely N-dealkylation sites (tertiary alicyclic amines) is 1. The van der Waals surface area contributed by atoms with Gasteiger partial charge in [0.05, 0.1) is 5.92 Å². The number of benzene rings is 2. The molecule has 1 atom stereocenters. The van der Waals surface area contributed by atoms with E-state index in [0.29, 0.717) is 17.5 Å². The van der Waals surface area contributed by atoms with E-state index in [1.165, 1.54) is 5.56 Å². The zero-order chi connectivity index (χ0) is 17.2. The number of aromatic hydroxyl groups is 1. The average Bonchev–Trinajstić information content (AvgIpc) is 3.27. The summed E-state index contributed by atoms with van der Waals surface area (Å²) in [5, 5.41) is 18.4. The second kappa shape index (κ2) is 6.69. The molecule has 1 saturated heterocycles. The normalized spacial score (nSPS) is 17.9. The van der Waals surface area contributed by atoms with Gasteiger partial charge in [0.1, 0.15) is 5.75 Å². The van der Waals surface area contributed by atoms with Crippen molar-refractivity contribution in [2.24, 2.45) is 0 Å². The Labute approximate surface area is 146 Å². The summed E-state index contributed by atoms with van der Waals surface area (Å²) >= 11 is 0. The molecule has 0 aliphatic carbocycles. The molecule has 2 heterocycles.